The van der Waals surface area contributed by atoms with Crippen LogP contribution in [0.4, 0.5) is 0 Å². The Morgan fingerprint density at radius 2 is 1.04 bits per heavy atom. The maximum Gasteiger partial charge on any atom is 0.469 e. The first-order chi connectivity index (χ1) is 25.7. The Balaban J connectivity index is 4.14. The monoisotopic (exact) mass is 764 g/mol. The molecule has 0 heterocycles. The number of unbranched alkanes of at least 4 members (excludes halogenated alkanes) is 16. The van der Waals surface area contributed by atoms with Gasteiger partial charge in [-0.15, -0.1) is 0 Å². The van der Waals surface area contributed by atoms with Gasteiger partial charge in [0, 0.05) is 19.3 Å². The Morgan fingerprint density at radius 1 is 0.547 bits per heavy atom. The lowest BCUT2D eigenvalue weighted by Gasteiger charge is -2.18. The molecule has 0 bridgehead atoms. The summed E-state index contributed by atoms with van der Waals surface area (Å²) in [6.07, 6.45) is 43.7. The summed E-state index contributed by atoms with van der Waals surface area (Å²) in [5.74, 6) is -1.26. The third kappa shape index (κ3) is 40.4. The molecule has 1 atom stereocenters. The molecular weight excluding hydrogens is 691 g/mol. The molecule has 10 heteroatoms. The SMILES string of the molecule is CCCCC/C=C\C/C=C\C/C=C\C=C\C(=O)CCCC(=O)OC[C@H](COP(=O)(O)O)OC(=O)CCCCCCCCC/C=C\CCCCCCCC. The normalized spacial score (nSPS) is 13.0. The van der Waals surface area contributed by atoms with Crippen molar-refractivity contribution in [3.05, 3.63) is 60.8 Å². The number of allylic oxidation sites excluding steroid dienone is 10. The maximum atomic E-state index is 12.4. The van der Waals surface area contributed by atoms with Crippen molar-refractivity contribution < 1.29 is 42.7 Å². The number of rotatable bonds is 37. The van der Waals surface area contributed by atoms with Gasteiger partial charge in [-0.2, -0.15) is 0 Å². The van der Waals surface area contributed by atoms with Gasteiger partial charge in [-0.3, -0.25) is 18.9 Å². The summed E-state index contributed by atoms with van der Waals surface area (Å²) in [5.41, 5.74) is 0. The molecular formula is C43H73O9P. The van der Waals surface area contributed by atoms with E-state index in [9.17, 15) is 18.9 Å². The van der Waals surface area contributed by atoms with Crippen LogP contribution in [0.15, 0.2) is 60.8 Å². The smallest absolute Gasteiger partial charge is 0.462 e. The van der Waals surface area contributed by atoms with Crippen molar-refractivity contribution >= 4 is 25.5 Å². The van der Waals surface area contributed by atoms with Crippen molar-refractivity contribution in [2.75, 3.05) is 13.2 Å². The number of esters is 2. The van der Waals surface area contributed by atoms with Crippen LogP contribution in [-0.2, 0) is 32.9 Å². The summed E-state index contributed by atoms with van der Waals surface area (Å²) in [6.45, 7) is 3.43. The first-order valence-electron chi connectivity index (χ1n) is 20.5. The molecule has 0 aliphatic carbocycles. The number of phosphoric acid groups is 1. The van der Waals surface area contributed by atoms with Gasteiger partial charge in [-0.25, -0.2) is 4.57 Å². The van der Waals surface area contributed by atoms with E-state index >= 15 is 0 Å². The third-order valence-corrected chi connectivity index (χ3v) is 8.97. The molecule has 0 spiro atoms. The molecule has 53 heavy (non-hydrogen) atoms. The van der Waals surface area contributed by atoms with Gasteiger partial charge >= 0.3 is 19.8 Å². The van der Waals surface area contributed by atoms with E-state index in [0.717, 1.165) is 44.9 Å². The predicted molar refractivity (Wildman–Crippen MR) is 216 cm³/mol. The van der Waals surface area contributed by atoms with Gasteiger partial charge in [0.1, 0.15) is 6.61 Å². The zero-order valence-electron chi connectivity index (χ0n) is 33.1. The summed E-state index contributed by atoms with van der Waals surface area (Å²) in [4.78, 5) is 54.9. The van der Waals surface area contributed by atoms with E-state index in [2.05, 4.69) is 54.8 Å². The van der Waals surface area contributed by atoms with Crippen molar-refractivity contribution in [2.45, 2.75) is 180 Å². The van der Waals surface area contributed by atoms with Gasteiger partial charge in [0.2, 0.25) is 0 Å². The molecule has 0 radical (unpaired) electrons. The second-order valence-corrected chi connectivity index (χ2v) is 14.9. The molecule has 0 aliphatic heterocycles. The Morgan fingerprint density at radius 3 is 1.66 bits per heavy atom. The molecule has 0 fully saturated rings. The fourth-order valence-corrected chi connectivity index (χ4v) is 5.74. The zero-order chi connectivity index (χ0) is 39.1. The largest absolute Gasteiger partial charge is 0.469 e. The fourth-order valence-electron chi connectivity index (χ4n) is 5.38. The van der Waals surface area contributed by atoms with Crippen LogP contribution in [0.1, 0.15) is 174 Å². The van der Waals surface area contributed by atoms with Crippen molar-refractivity contribution in [2.24, 2.45) is 0 Å². The Kier molecular flexibility index (Phi) is 35.9. The number of carbonyl (C=O) groups excluding carboxylic acids is 3. The standard InChI is InChI=1S/C43H73O9P/c1-3-5-7-9-11-13-15-17-18-19-20-22-24-26-28-30-32-36-43(46)52-41(39-51-53(47,48)49)38-50-42(45)37-33-35-40(44)34-31-29-27-25-23-21-16-14-12-10-8-6-4-2/h12,14,17-18,21,23,27,29,31,34,41H,3-11,13,15-16,19-20,22,24-26,28,30,32-33,35-39H2,1-2H3,(H2,47,48,49)/b14-12-,18-17-,23-21-,29-27-,34-31+/t41-/m1/s1. The first kappa shape index (κ1) is 50.4. The summed E-state index contributed by atoms with van der Waals surface area (Å²) < 4.78 is 26.2. The topological polar surface area (TPSA) is 136 Å². The highest BCUT2D eigenvalue weighted by Gasteiger charge is 2.23. The van der Waals surface area contributed by atoms with Crippen molar-refractivity contribution in [3.63, 3.8) is 0 Å². The average molecular weight is 765 g/mol. The molecule has 0 aromatic heterocycles. The second kappa shape index (κ2) is 37.7. The maximum absolute atomic E-state index is 12.4. The molecule has 0 saturated heterocycles. The number of hydrogen-bond donors (Lipinski definition) is 2. The molecule has 304 valence electrons. The van der Waals surface area contributed by atoms with Crippen LogP contribution in [0, 0.1) is 0 Å². The van der Waals surface area contributed by atoms with E-state index in [-0.39, 0.29) is 31.5 Å². The highest BCUT2D eigenvalue weighted by Crippen LogP contribution is 2.36. The van der Waals surface area contributed by atoms with Gasteiger partial charge in [0.05, 0.1) is 6.61 Å². The van der Waals surface area contributed by atoms with Gasteiger partial charge < -0.3 is 19.3 Å². The van der Waals surface area contributed by atoms with E-state index in [1.54, 1.807) is 6.08 Å². The van der Waals surface area contributed by atoms with Crippen LogP contribution >= 0.6 is 7.82 Å². The molecule has 0 amide bonds. The summed E-state index contributed by atoms with van der Waals surface area (Å²) in [5, 5.41) is 0. The Bertz CT molecular complexity index is 1100. The highest BCUT2D eigenvalue weighted by molar-refractivity contribution is 7.46. The zero-order valence-corrected chi connectivity index (χ0v) is 34.0. The van der Waals surface area contributed by atoms with Crippen LogP contribution in [0.3, 0.4) is 0 Å². The number of ether oxygens (including phenoxy) is 2. The minimum absolute atomic E-state index is 0.0246. The van der Waals surface area contributed by atoms with Crippen LogP contribution < -0.4 is 0 Å². The first-order valence-corrected chi connectivity index (χ1v) is 22.1. The van der Waals surface area contributed by atoms with Crippen molar-refractivity contribution in [1.29, 1.82) is 0 Å². The number of carbonyl (C=O) groups is 3. The predicted octanol–water partition coefficient (Wildman–Crippen LogP) is 11.7. The second-order valence-electron chi connectivity index (χ2n) is 13.6. The number of phosphoric ester groups is 1. The van der Waals surface area contributed by atoms with E-state index in [1.807, 2.05) is 12.2 Å². The minimum Gasteiger partial charge on any atom is -0.462 e. The lowest BCUT2D eigenvalue weighted by Crippen LogP contribution is -2.29. The molecule has 0 aromatic rings. The molecule has 0 aromatic carbocycles. The van der Waals surface area contributed by atoms with Crippen LogP contribution in [0.2, 0.25) is 0 Å². The molecule has 0 saturated carbocycles. The summed E-state index contributed by atoms with van der Waals surface area (Å²) in [6, 6.07) is 0. The van der Waals surface area contributed by atoms with Crippen molar-refractivity contribution in [1.82, 2.24) is 0 Å². The van der Waals surface area contributed by atoms with Gasteiger partial charge in [0.15, 0.2) is 11.9 Å². The molecule has 9 nitrogen and oxygen atoms in total. The Labute approximate surface area is 322 Å². The summed E-state index contributed by atoms with van der Waals surface area (Å²) >= 11 is 0. The lowest BCUT2D eigenvalue weighted by atomic mass is 10.1. The molecule has 0 unspecified atom stereocenters. The minimum atomic E-state index is -4.81. The van der Waals surface area contributed by atoms with Crippen LogP contribution in [0.25, 0.3) is 0 Å². The van der Waals surface area contributed by atoms with Crippen LogP contribution in [0.5, 0.6) is 0 Å². The van der Waals surface area contributed by atoms with Gasteiger partial charge in [-0.1, -0.05) is 146 Å². The van der Waals surface area contributed by atoms with Crippen molar-refractivity contribution in [3.8, 4) is 0 Å². The molecule has 2 N–H and O–H groups in total. The Hall–Kier alpha value is -2.58. The van der Waals surface area contributed by atoms with Gasteiger partial charge in [0.25, 0.3) is 0 Å². The van der Waals surface area contributed by atoms with Gasteiger partial charge in [-0.05, 0) is 70.3 Å². The summed E-state index contributed by atoms with van der Waals surface area (Å²) in [7, 11) is -4.81. The van der Waals surface area contributed by atoms with E-state index in [1.165, 1.54) is 89.5 Å². The molecule has 0 aliphatic rings. The molecule has 0 rings (SSSR count). The van der Waals surface area contributed by atoms with E-state index in [4.69, 9.17) is 19.3 Å². The lowest BCUT2D eigenvalue weighted by molar-refractivity contribution is -0.161. The highest BCUT2D eigenvalue weighted by atomic mass is 31.2. The van der Waals surface area contributed by atoms with E-state index < -0.39 is 39.1 Å². The number of ketones is 1. The fraction of sp³-hybridized carbons (Fsp3) is 0.698. The van der Waals surface area contributed by atoms with Crippen LogP contribution in [-0.4, -0.2) is 46.8 Å². The third-order valence-electron chi connectivity index (χ3n) is 8.49. The quantitative estimate of drug-likeness (QED) is 0.0158. The number of hydrogen-bond acceptors (Lipinski definition) is 7. The van der Waals surface area contributed by atoms with E-state index in [0.29, 0.717) is 6.42 Å². The average Bonchev–Trinajstić information content (AvgIpc) is 3.12.